The molecule has 9 nitrogen and oxygen atoms in total. The van der Waals surface area contributed by atoms with Crippen molar-refractivity contribution in [3.8, 4) is 5.75 Å². The van der Waals surface area contributed by atoms with Gasteiger partial charge in [0.2, 0.25) is 0 Å². The van der Waals surface area contributed by atoms with E-state index in [1.54, 1.807) is 25.1 Å². The molecule has 3 aromatic rings. The summed E-state index contributed by atoms with van der Waals surface area (Å²) in [6, 6.07) is 16.4. The molecular formula is C29H34Cl2N4O5. The second-order valence-corrected chi connectivity index (χ2v) is 10.7. The monoisotopic (exact) mass is 588 g/mol. The van der Waals surface area contributed by atoms with Crippen LogP contribution in [0.5, 0.6) is 5.75 Å². The molecule has 0 unspecified atom stereocenters. The Labute approximate surface area is 243 Å². The topological polar surface area (TPSA) is 118 Å². The van der Waals surface area contributed by atoms with Crippen LogP contribution in [0, 0.1) is 0 Å². The Bertz CT molecular complexity index is 1270. The van der Waals surface area contributed by atoms with Crippen LogP contribution in [0.25, 0.3) is 0 Å². The molecule has 1 aromatic heterocycles. The summed E-state index contributed by atoms with van der Waals surface area (Å²) in [5, 5.41) is 33.2. The van der Waals surface area contributed by atoms with Crippen LogP contribution >= 0.6 is 23.2 Å². The summed E-state index contributed by atoms with van der Waals surface area (Å²) in [6.07, 6.45) is 1.43. The number of β-amino-alcohol motifs (C(OH)–C–C–N with tert-alkyl or cyclic N) is 1. The molecule has 11 heteroatoms. The van der Waals surface area contributed by atoms with Crippen molar-refractivity contribution >= 4 is 34.8 Å². The van der Waals surface area contributed by atoms with Crippen molar-refractivity contribution < 1.29 is 24.9 Å². The van der Waals surface area contributed by atoms with E-state index in [0.717, 1.165) is 11.3 Å². The number of nitrogens with one attached hydrogen (secondary N) is 1. The van der Waals surface area contributed by atoms with Crippen LogP contribution in [-0.2, 0) is 5.60 Å². The molecule has 0 aliphatic carbocycles. The van der Waals surface area contributed by atoms with E-state index in [1.807, 2.05) is 36.4 Å². The van der Waals surface area contributed by atoms with Gasteiger partial charge in [-0.05, 0) is 48.9 Å². The quantitative estimate of drug-likeness (QED) is 0.269. The molecule has 214 valence electrons. The summed E-state index contributed by atoms with van der Waals surface area (Å²) in [5.41, 5.74) is 1.46. The van der Waals surface area contributed by atoms with Gasteiger partial charge in [-0.3, -0.25) is 14.7 Å². The van der Waals surface area contributed by atoms with Gasteiger partial charge in [0, 0.05) is 50.0 Å². The molecule has 4 N–H and O–H groups in total. The number of aliphatic hydroxyl groups excluding tert-OH is 2. The van der Waals surface area contributed by atoms with E-state index < -0.39 is 5.60 Å². The lowest BCUT2D eigenvalue weighted by atomic mass is 9.97. The van der Waals surface area contributed by atoms with E-state index in [9.17, 15) is 9.90 Å². The number of rotatable bonds is 11. The minimum Gasteiger partial charge on any atom is -0.491 e. The largest absolute Gasteiger partial charge is 0.491 e. The third-order valence-corrected chi connectivity index (χ3v) is 7.37. The highest BCUT2D eigenvalue weighted by Gasteiger charge is 2.34. The van der Waals surface area contributed by atoms with Gasteiger partial charge >= 0.3 is 0 Å². The summed E-state index contributed by atoms with van der Waals surface area (Å²) in [5.74, 6) is 0.256. The second kappa shape index (κ2) is 13.6. The average Bonchev–Trinajstić information content (AvgIpc) is 2.95. The fourth-order valence-electron chi connectivity index (χ4n) is 4.85. The normalized spacial score (nSPS) is 17.4. The molecule has 2 atom stereocenters. The molecule has 1 aliphatic heterocycles. The van der Waals surface area contributed by atoms with Gasteiger partial charge < -0.3 is 30.3 Å². The van der Waals surface area contributed by atoms with Crippen molar-refractivity contribution in [3.63, 3.8) is 0 Å². The van der Waals surface area contributed by atoms with Gasteiger partial charge in [0.1, 0.15) is 18.0 Å². The number of hydrogen-bond donors (Lipinski definition) is 4. The first kappa shape index (κ1) is 30.0. The highest BCUT2D eigenvalue weighted by atomic mass is 35.5. The number of carbonyl (C=O) groups excluding carboxylic acids is 1. The number of ether oxygens (including phenoxy) is 1. The van der Waals surface area contributed by atoms with Gasteiger partial charge in [0.05, 0.1) is 41.2 Å². The lowest BCUT2D eigenvalue weighted by Crippen LogP contribution is -2.52. The number of halogens is 2. The number of aliphatic hydroxyl groups is 3. The maximum atomic E-state index is 12.1. The van der Waals surface area contributed by atoms with E-state index in [4.69, 9.17) is 38.2 Å². The first-order chi connectivity index (χ1) is 19.2. The number of hydrogen-bond acceptors (Lipinski definition) is 8. The van der Waals surface area contributed by atoms with Gasteiger partial charge in [-0.2, -0.15) is 0 Å². The number of piperazine rings is 1. The molecule has 40 heavy (non-hydrogen) atoms. The number of benzene rings is 2. The SMILES string of the molecule is C[C@@](O)(CN1CCN(c2ccc(OCCO)cc2Cl)[C@H](c2ccc(Cl)cc2)C1)c1ccc(C(=O)NCCO)cn1. The van der Waals surface area contributed by atoms with E-state index in [0.29, 0.717) is 53.2 Å². The number of anilines is 1. The van der Waals surface area contributed by atoms with Crippen LogP contribution in [0.4, 0.5) is 5.69 Å². The fraction of sp³-hybridized carbons (Fsp3) is 0.379. The summed E-state index contributed by atoms with van der Waals surface area (Å²) in [7, 11) is 0. The van der Waals surface area contributed by atoms with Gasteiger partial charge in [0.15, 0.2) is 0 Å². The molecule has 2 aromatic carbocycles. The van der Waals surface area contributed by atoms with Crippen molar-refractivity contribution in [1.29, 1.82) is 0 Å². The maximum absolute atomic E-state index is 12.1. The number of nitrogens with zero attached hydrogens (tertiary/aromatic N) is 3. The van der Waals surface area contributed by atoms with E-state index in [-0.39, 0.29) is 38.3 Å². The highest BCUT2D eigenvalue weighted by Crippen LogP contribution is 2.38. The smallest absolute Gasteiger partial charge is 0.252 e. The molecule has 2 heterocycles. The minimum atomic E-state index is -1.27. The molecule has 4 rings (SSSR count). The Kier molecular flexibility index (Phi) is 10.2. The van der Waals surface area contributed by atoms with Crippen LogP contribution in [0.3, 0.4) is 0 Å². The van der Waals surface area contributed by atoms with Gasteiger partial charge in [-0.25, -0.2) is 0 Å². The lowest BCUT2D eigenvalue weighted by molar-refractivity contribution is 0.00674. The molecule has 1 saturated heterocycles. The van der Waals surface area contributed by atoms with Gasteiger partial charge in [-0.1, -0.05) is 35.3 Å². The number of pyridine rings is 1. The third kappa shape index (κ3) is 7.42. The Morgan fingerprint density at radius 1 is 1.10 bits per heavy atom. The van der Waals surface area contributed by atoms with Crippen LogP contribution in [0.1, 0.15) is 34.6 Å². The fourth-order valence-corrected chi connectivity index (χ4v) is 5.26. The molecule has 1 fully saturated rings. The maximum Gasteiger partial charge on any atom is 0.252 e. The minimum absolute atomic E-state index is 0.0749. The van der Waals surface area contributed by atoms with E-state index in [1.165, 1.54) is 6.20 Å². The first-order valence-electron chi connectivity index (χ1n) is 13.1. The summed E-state index contributed by atoms with van der Waals surface area (Å²) < 4.78 is 5.51. The number of amides is 1. The molecule has 1 aliphatic rings. The zero-order valence-corrected chi connectivity index (χ0v) is 23.8. The average molecular weight is 590 g/mol. The Balaban J connectivity index is 1.53. The van der Waals surface area contributed by atoms with Crippen LogP contribution in [-0.4, -0.2) is 83.7 Å². The lowest BCUT2D eigenvalue weighted by Gasteiger charge is -2.45. The van der Waals surface area contributed by atoms with Crippen molar-refractivity contribution in [2.75, 3.05) is 57.4 Å². The summed E-state index contributed by atoms with van der Waals surface area (Å²) >= 11 is 12.9. The Morgan fingerprint density at radius 3 is 2.52 bits per heavy atom. The van der Waals surface area contributed by atoms with Crippen LogP contribution in [0.15, 0.2) is 60.8 Å². The zero-order chi connectivity index (χ0) is 28.7. The number of aromatic nitrogens is 1. The summed E-state index contributed by atoms with van der Waals surface area (Å²) in [4.78, 5) is 20.9. The first-order valence-corrected chi connectivity index (χ1v) is 13.8. The van der Waals surface area contributed by atoms with Crippen molar-refractivity contribution in [3.05, 3.63) is 87.7 Å². The van der Waals surface area contributed by atoms with E-state index in [2.05, 4.69) is 20.1 Å². The van der Waals surface area contributed by atoms with Crippen LogP contribution in [0.2, 0.25) is 10.0 Å². The van der Waals surface area contributed by atoms with Crippen LogP contribution < -0.4 is 15.0 Å². The standard InChI is InChI=1S/C29H34Cl2N4O5/c1-29(39,27-9-4-21(17-33-27)28(38)32-10-13-36)19-34-11-12-35(26(18-34)20-2-5-22(30)6-3-20)25-8-7-23(16-24(25)31)40-15-14-37/h2-9,16-17,26,36-37,39H,10-15,18-19H2,1H3,(H,32,38)/t26-,29+/m0/s1. The molecule has 0 radical (unpaired) electrons. The third-order valence-electron chi connectivity index (χ3n) is 6.81. The van der Waals surface area contributed by atoms with Gasteiger partial charge in [-0.15, -0.1) is 0 Å². The Hall–Kier alpha value is -2.92. The predicted molar refractivity (Wildman–Crippen MR) is 155 cm³/mol. The predicted octanol–water partition coefficient (Wildman–Crippen LogP) is 3.25. The second-order valence-electron chi connectivity index (χ2n) is 9.87. The van der Waals surface area contributed by atoms with Crippen molar-refractivity contribution in [1.82, 2.24) is 15.2 Å². The number of carbonyl (C=O) groups is 1. The van der Waals surface area contributed by atoms with Crippen molar-refractivity contribution in [2.45, 2.75) is 18.6 Å². The van der Waals surface area contributed by atoms with E-state index >= 15 is 0 Å². The molecular weight excluding hydrogens is 555 g/mol. The Morgan fingerprint density at radius 2 is 1.88 bits per heavy atom. The molecule has 0 spiro atoms. The van der Waals surface area contributed by atoms with Crippen molar-refractivity contribution in [2.24, 2.45) is 0 Å². The highest BCUT2D eigenvalue weighted by molar-refractivity contribution is 6.33. The summed E-state index contributed by atoms with van der Waals surface area (Å²) in [6.45, 7) is 4.09. The molecule has 0 saturated carbocycles. The molecule has 0 bridgehead atoms. The zero-order valence-electron chi connectivity index (χ0n) is 22.3. The van der Waals surface area contributed by atoms with Gasteiger partial charge in [0.25, 0.3) is 5.91 Å². The molecule has 1 amide bonds.